The molecule has 0 saturated carbocycles. The van der Waals surface area contributed by atoms with E-state index in [1.165, 1.54) is 6.42 Å². The van der Waals surface area contributed by atoms with E-state index < -0.39 is 0 Å². The molecule has 0 bridgehead atoms. The highest BCUT2D eigenvalue weighted by atomic mass is 79.9. The Kier molecular flexibility index (Phi) is 3.91. The van der Waals surface area contributed by atoms with Crippen LogP contribution in [0, 0.1) is 5.92 Å². The Morgan fingerprint density at radius 2 is 2.36 bits per heavy atom. The van der Waals surface area contributed by atoms with Gasteiger partial charge in [0.25, 0.3) is 0 Å². The van der Waals surface area contributed by atoms with Gasteiger partial charge in [-0.1, -0.05) is 15.9 Å². The molecule has 1 saturated heterocycles. The Balaban J connectivity index is 2.28. The molecule has 2 nitrogen and oxygen atoms in total. The zero-order valence-electron chi connectivity index (χ0n) is 6.61. The standard InChI is InChI=1S/C8H14BrNO/c9-5-3-7-1-2-8(11)10-6-4-7/h7H,1-6H2,(H,10,11)/t7-/m0/s1. The molecule has 1 fully saturated rings. The summed E-state index contributed by atoms with van der Waals surface area (Å²) in [5.41, 5.74) is 0. The summed E-state index contributed by atoms with van der Waals surface area (Å²) >= 11 is 3.42. The summed E-state index contributed by atoms with van der Waals surface area (Å²) in [5.74, 6) is 0.968. The van der Waals surface area contributed by atoms with E-state index in [0.29, 0.717) is 0 Å². The Bertz CT molecular complexity index is 138. The van der Waals surface area contributed by atoms with Crippen molar-refractivity contribution in [2.24, 2.45) is 5.92 Å². The fraction of sp³-hybridized carbons (Fsp3) is 0.875. The van der Waals surface area contributed by atoms with E-state index in [4.69, 9.17) is 0 Å². The third-order valence-electron chi connectivity index (χ3n) is 2.17. The topological polar surface area (TPSA) is 29.1 Å². The van der Waals surface area contributed by atoms with E-state index in [-0.39, 0.29) is 5.91 Å². The molecule has 1 N–H and O–H groups in total. The first-order chi connectivity index (χ1) is 5.33. The van der Waals surface area contributed by atoms with Crippen molar-refractivity contribution in [3.63, 3.8) is 0 Å². The van der Waals surface area contributed by atoms with Crippen LogP contribution in [0.25, 0.3) is 0 Å². The van der Waals surface area contributed by atoms with Gasteiger partial charge >= 0.3 is 0 Å². The largest absolute Gasteiger partial charge is 0.356 e. The molecule has 1 amide bonds. The zero-order valence-corrected chi connectivity index (χ0v) is 8.19. The summed E-state index contributed by atoms with van der Waals surface area (Å²) in [6.45, 7) is 0.872. The number of carbonyl (C=O) groups excluding carboxylic acids is 1. The van der Waals surface area contributed by atoms with E-state index in [2.05, 4.69) is 21.2 Å². The Hall–Kier alpha value is -0.0500. The van der Waals surface area contributed by atoms with Crippen LogP contribution in [0.2, 0.25) is 0 Å². The van der Waals surface area contributed by atoms with Crippen molar-refractivity contribution in [1.82, 2.24) is 5.32 Å². The van der Waals surface area contributed by atoms with Gasteiger partial charge in [0.15, 0.2) is 0 Å². The van der Waals surface area contributed by atoms with Crippen molar-refractivity contribution in [3.05, 3.63) is 0 Å². The van der Waals surface area contributed by atoms with Crippen LogP contribution in [-0.2, 0) is 4.79 Å². The molecular weight excluding hydrogens is 206 g/mol. The molecule has 0 aromatic carbocycles. The average Bonchev–Trinajstić information content (AvgIpc) is 2.17. The van der Waals surface area contributed by atoms with Gasteiger partial charge in [-0.2, -0.15) is 0 Å². The SMILES string of the molecule is O=C1CC[C@@H](CCBr)CCN1. The highest BCUT2D eigenvalue weighted by Gasteiger charge is 2.14. The lowest BCUT2D eigenvalue weighted by Crippen LogP contribution is -2.21. The Morgan fingerprint density at radius 3 is 3.09 bits per heavy atom. The second-order valence-electron chi connectivity index (χ2n) is 3.02. The van der Waals surface area contributed by atoms with Crippen LogP contribution in [0.4, 0.5) is 0 Å². The van der Waals surface area contributed by atoms with Crippen LogP contribution in [0.5, 0.6) is 0 Å². The third kappa shape index (κ3) is 3.23. The van der Waals surface area contributed by atoms with Crippen molar-refractivity contribution < 1.29 is 4.79 Å². The first-order valence-electron chi connectivity index (χ1n) is 4.15. The number of hydrogen-bond acceptors (Lipinski definition) is 1. The van der Waals surface area contributed by atoms with E-state index in [0.717, 1.165) is 37.1 Å². The minimum absolute atomic E-state index is 0.224. The first kappa shape index (κ1) is 9.04. The molecule has 0 aromatic heterocycles. The number of amides is 1. The second kappa shape index (κ2) is 4.75. The fourth-order valence-corrected chi connectivity index (χ4v) is 2.07. The molecule has 1 aliphatic rings. The lowest BCUT2D eigenvalue weighted by Gasteiger charge is -2.09. The first-order valence-corrected chi connectivity index (χ1v) is 5.27. The van der Waals surface area contributed by atoms with Gasteiger partial charge < -0.3 is 5.32 Å². The molecule has 0 unspecified atom stereocenters. The normalized spacial score (nSPS) is 25.9. The maximum atomic E-state index is 10.9. The van der Waals surface area contributed by atoms with Gasteiger partial charge in [0.2, 0.25) is 5.91 Å². The van der Waals surface area contributed by atoms with Gasteiger partial charge in [-0.3, -0.25) is 4.79 Å². The van der Waals surface area contributed by atoms with Gasteiger partial charge in [0.1, 0.15) is 0 Å². The van der Waals surface area contributed by atoms with Crippen LogP contribution in [-0.4, -0.2) is 17.8 Å². The summed E-state index contributed by atoms with van der Waals surface area (Å²) < 4.78 is 0. The number of hydrogen-bond donors (Lipinski definition) is 1. The number of rotatable bonds is 2. The lowest BCUT2D eigenvalue weighted by atomic mass is 9.98. The van der Waals surface area contributed by atoms with Gasteiger partial charge in [-0.15, -0.1) is 0 Å². The highest BCUT2D eigenvalue weighted by Crippen LogP contribution is 2.18. The molecule has 0 spiro atoms. The Morgan fingerprint density at radius 1 is 1.55 bits per heavy atom. The molecule has 3 heteroatoms. The summed E-state index contributed by atoms with van der Waals surface area (Å²) in [6, 6.07) is 0. The number of carbonyl (C=O) groups is 1. The van der Waals surface area contributed by atoms with Crippen molar-refractivity contribution >= 4 is 21.8 Å². The molecule has 0 radical (unpaired) electrons. The minimum atomic E-state index is 0.224. The van der Waals surface area contributed by atoms with Crippen LogP contribution < -0.4 is 5.32 Å². The lowest BCUT2D eigenvalue weighted by molar-refractivity contribution is -0.120. The summed E-state index contributed by atoms with van der Waals surface area (Å²) in [5, 5.41) is 3.94. The highest BCUT2D eigenvalue weighted by molar-refractivity contribution is 9.09. The monoisotopic (exact) mass is 219 g/mol. The maximum absolute atomic E-state index is 10.9. The van der Waals surface area contributed by atoms with Gasteiger partial charge in [0.05, 0.1) is 0 Å². The molecule has 0 aromatic rings. The van der Waals surface area contributed by atoms with Gasteiger partial charge in [-0.05, 0) is 25.2 Å². The van der Waals surface area contributed by atoms with Crippen LogP contribution in [0.1, 0.15) is 25.7 Å². The molecule has 11 heavy (non-hydrogen) atoms. The molecule has 1 aliphatic heterocycles. The number of halogens is 1. The van der Waals surface area contributed by atoms with Crippen molar-refractivity contribution in [3.8, 4) is 0 Å². The molecule has 1 rings (SSSR count). The van der Waals surface area contributed by atoms with Crippen molar-refractivity contribution in [2.45, 2.75) is 25.7 Å². The second-order valence-corrected chi connectivity index (χ2v) is 3.81. The van der Waals surface area contributed by atoms with E-state index >= 15 is 0 Å². The van der Waals surface area contributed by atoms with Gasteiger partial charge in [0, 0.05) is 18.3 Å². The van der Waals surface area contributed by atoms with E-state index in [9.17, 15) is 4.79 Å². The zero-order chi connectivity index (χ0) is 8.10. The van der Waals surface area contributed by atoms with E-state index in [1.54, 1.807) is 0 Å². The molecule has 0 aliphatic carbocycles. The predicted octanol–water partition coefficient (Wildman–Crippen LogP) is 1.69. The van der Waals surface area contributed by atoms with Crippen molar-refractivity contribution in [2.75, 3.05) is 11.9 Å². The predicted molar refractivity (Wildman–Crippen MR) is 48.8 cm³/mol. The van der Waals surface area contributed by atoms with E-state index in [1.807, 2.05) is 0 Å². The summed E-state index contributed by atoms with van der Waals surface area (Å²) in [4.78, 5) is 10.9. The average molecular weight is 220 g/mol. The number of nitrogens with one attached hydrogen (secondary N) is 1. The fourth-order valence-electron chi connectivity index (χ4n) is 1.43. The smallest absolute Gasteiger partial charge is 0.220 e. The van der Waals surface area contributed by atoms with Gasteiger partial charge in [-0.25, -0.2) is 0 Å². The molecule has 1 atom stereocenters. The van der Waals surface area contributed by atoms with Crippen LogP contribution >= 0.6 is 15.9 Å². The van der Waals surface area contributed by atoms with Crippen LogP contribution in [0.3, 0.4) is 0 Å². The quantitative estimate of drug-likeness (QED) is 0.705. The molecule has 64 valence electrons. The minimum Gasteiger partial charge on any atom is -0.356 e. The summed E-state index contributed by atoms with van der Waals surface area (Å²) in [7, 11) is 0. The summed E-state index contributed by atoms with van der Waals surface area (Å²) in [6.07, 6.45) is 4.14. The molecule has 1 heterocycles. The number of alkyl halides is 1. The third-order valence-corrected chi connectivity index (χ3v) is 2.63. The van der Waals surface area contributed by atoms with Crippen molar-refractivity contribution in [1.29, 1.82) is 0 Å². The Labute approximate surface area is 75.9 Å². The molecular formula is C8H14BrNO. The van der Waals surface area contributed by atoms with Crippen LogP contribution in [0.15, 0.2) is 0 Å². The maximum Gasteiger partial charge on any atom is 0.220 e.